The molecule has 1 unspecified atom stereocenters. The monoisotopic (exact) mass is 330 g/mol. The fraction of sp³-hybridized carbons (Fsp3) is 0.250. The lowest BCUT2D eigenvalue weighted by Gasteiger charge is -2.11. The number of nitrogens with zero attached hydrogens (tertiary/aromatic N) is 1. The maximum atomic E-state index is 6.15. The number of aryl methyl sites for hydroxylation is 1. The minimum atomic E-state index is -0.0675. The summed E-state index contributed by atoms with van der Waals surface area (Å²) in [5.41, 5.74) is 8.22. The summed E-state index contributed by atoms with van der Waals surface area (Å²) < 4.78 is 0.889. The van der Waals surface area contributed by atoms with Gasteiger partial charge in [0.25, 0.3) is 0 Å². The van der Waals surface area contributed by atoms with E-state index >= 15 is 0 Å². The van der Waals surface area contributed by atoms with Crippen LogP contribution >= 0.6 is 38.9 Å². The van der Waals surface area contributed by atoms with Gasteiger partial charge in [0.2, 0.25) is 0 Å². The van der Waals surface area contributed by atoms with Gasteiger partial charge in [-0.1, -0.05) is 17.7 Å². The standard InChI is InChI=1S/C12H12BrClN2S/c1-7-16-9(6-17-7)5-12(15)8-2-3-10(13)11(14)4-8/h2-4,6,12H,5,15H2,1H3. The molecule has 2 rings (SSSR count). The molecule has 90 valence electrons. The summed E-state index contributed by atoms with van der Waals surface area (Å²) in [6.45, 7) is 2.00. The normalized spacial score (nSPS) is 12.7. The van der Waals surface area contributed by atoms with E-state index in [9.17, 15) is 0 Å². The van der Waals surface area contributed by atoms with Crippen molar-refractivity contribution in [3.05, 3.63) is 49.3 Å². The van der Waals surface area contributed by atoms with Crippen molar-refractivity contribution >= 4 is 38.9 Å². The summed E-state index contributed by atoms with van der Waals surface area (Å²) in [5, 5.41) is 3.81. The summed E-state index contributed by atoms with van der Waals surface area (Å²) >= 11 is 11.1. The minimum absolute atomic E-state index is 0.0675. The zero-order valence-corrected chi connectivity index (χ0v) is 12.4. The van der Waals surface area contributed by atoms with E-state index in [1.54, 1.807) is 11.3 Å². The van der Waals surface area contributed by atoms with Crippen LogP contribution in [0.1, 0.15) is 22.3 Å². The van der Waals surface area contributed by atoms with Crippen molar-refractivity contribution in [1.82, 2.24) is 4.98 Å². The van der Waals surface area contributed by atoms with Crippen LogP contribution in [-0.4, -0.2) is 4.98 Å². The number of thiazole rings is 1. The first-order chi connectivity index (χ1) is 8.06. The molecule has 0 aliphatic carbocycles. The predicted octanol–water partition coefficient (Wildman–Crippen LogP) is 4.11. The molecule has 1 heterocycles. The van der Waals surface area contributed by atoms with E-state index < -0.39 is 0 Å². The maximum absolute atomic E-state index is 6.15. The summed E-state index contributed by atoms with van der Waals surface area (Å²) in [7, 11) is 0. The van der Waals surface area contributed by atoms with Gasteiger partial charge >= 0.3 is 0 Å². The topological polar surface area (TPSA) is 38.9 Å². The molecule has 0 amide bonds. The van der Waals surface area contributed by atoms with E-state index in [1.165, 1.54) is 0 Å². The maximum Gasteiger partial charge on any atom is 0.0897 e. The lowest BCUT2D eigenvalue weighted by Crippen LogP contribution is -2.13. The zero-order valence-electron chi connectivity index (χ0n) is 9.28. The summed E-state index contributed by atoms with van der Waals surface area (Å²) in [5.74, 6) is 0. The van der Waals surface area contributed by atoms with Crippen molar-refractivity contribution in [2.75, 3.05) is 0 Å². The van der Waals surface area contributed by atoms with Crippen LogP contribution in [0.5, 0.6) is 0 Å². The third-order valence-corrected chi connectivity index (χ3v) is 4.52. The number of rotatable bonds is 3. The molecule has 0 fully saturated rings. The second-order valence-corrected chi connectivity index (χ2v) is 6.17. The van der Waals surface area contributed by atoms with E-state index in [2.05, 4.69) is 26.3 Å². The largest absolute Gasteiger partial charge is 0.324 e. The average molecular weight is 332 g/mol. The van der Waals surface area contributed by atoms with E-state index in [0.29, 0.717) is 5.02 Å². The molecule has 1 aromatic heterocycles. The Morgan fingerprint density at radius 1 is 1.53 bits per heavy atom. The molecule has 17 heavy (non-hydrogen) atoms. The van der Waals surface area contributed by atoms with Gasteiger partial charge in [-0.3, -0.25) is 0 Å². The molecule has 1 atom stereocenters. The molecule has 0 bridgehead atoms. The SMILES string of the molecule is Cc1nc(CC(N)c2ccc(Br)c(Cl)c2)cs1. The number of benzene rings is 1. The van der Waals surface area contributed by atoms with E-state index in [-0.39, 0.29) is 6.04 Å². The number of aromatic nitrogens is 1. The zero-order chi connectivity index (χ0) is 12.4. The van der Waals surface area contributed by atoms with Crippen LogP contribution < -0.4 is 5.73 Å². The van der Waals surface area contributed by atoms with Crippen LogP contribution in [0.2, 0.25) is 5.02 Å². The van der Waals surface area contributed by atoms with E-state index in [1.807, 2.05) is 25.1 Å². The highest BCUT2D eigenvalue weighted by molar-refractivity contribution is 9.10. The average Bonchev–Trinajstić information content (AvgIpc) is 2.68. The summed E-state index contributed by atoms with van der Waals surface area (Å²) in [6, 6.07) is 5.74. The van der Waals surface area contributed by atoms with Crippen LogP contribution in [-0.2, 0) is 6.42 Å². The Morgan fingerprint density at radius 3 is 2.88 bits per heavy atom. The Balaban J connectivity index is 2.14. The highest BCUT2D eigenvalue weighted by Gasteiger charge is 2.10. The predicted molar refractivity (Wildman–Crippen MR) is 76.6 cm³/mol. The molecule has 0 saturated carbocycles. The Labute approximate surface area is 118 Å². The van der Waals surface area contributed by atoms with Crippen LogP contribution in [0.3, 0.4) is 0 Å². The number of nitrogens with two attached hydrogens (primary N) is 1. The molecule has 0 radical (unpaired) electrons. The lowest BCUT2D eigenvalue weighted by molar-refractivity contribution is 0.709. The van der Waals surface area contributed by atoms with Gasteiger partial charge in [-0.25, -0.2) is 4.98 Å². The van der Waals surface area contributed by atoms with Crippen molar-refractivity contribution in [3.63, 3.8) is 0 Å². The number of hydrogen-bond donors (Lipinski definition) is 1. The first kappa shape index (κ1) is 13.0. The molecule has 2 nitrogen and oxygen atoms in total. The van der Waals surface area contributed by atoms with E-state index in [4.69, 9.17) is 17.3 Å². The van der Waals surface area contributed by atoms with Gasteiger partial charge in [0, 0.05) is 22.3 Å². The molecule has 0 aliphatic heterocycles. The number of halogens is 2. The van der Waals surface area contributed by atoms with Gasteiger partial charge in [0.15, 0.2) is 0 Å². The van der Waals surface area contributed by atoms with Crippen LogP contribution in [0.25, 0.3) is 0 Å². The fourth-order valence-electron chi connectivity index (χ4n) is 1.59. The third kappa shape index (κ3) is 3.28. The Kier molecular flexibility index (Phi) is 4.20. The van der Waals surface area contributed by atoms with Crippen molar-refractivity contribution in [1.29, 1.82) is 0 Å². The highest BCUT2D eigenvalue weighted by Crippen LogP contribution is 2.26. The molecule has 1 aromatic carbocycles. The molecular formula is C12H12BrClN2S. The van der Waals surface area contributed by atoms with Crippen LogP contribution in [0.4, 0.5) is 0 Å². The van der Waals surface area contributed by atoms with Gasteiger partial charge in [0.05, 0.1) is 15.7 Å². The number of hydrogen-bond acceptors (Lipinski definition) is 3. The summed E-state index contributed by atoms with van der Waals surface area (Å²) in [4.78, 5) is 4.41. The first-order valence-corrected chi connectivity index (χ1v) is 7.23. The molecule has 0 saturated heterocycles. The van der Waals surface area contributed by atoms with Gasteiger partial charge in [0.1, 0.15) is 0 Å². The molecule has 2 aromatic rings. The second-order valence-electron chi connectivity index (χ2n) is 3.84. The van der Waals surface area contributed by atoms with E-state index in [0.717, 1.165) is 27.2 Å². The third-order valence-electron chi connectivity index (χ3n) is 2.47. The second kappa shape index (κ2) is 5.48. The van der Waals surface area contributed by atoms with Crippen molar-refractivity contribution in [2.45, 2.75) is 19.4 Å². The Bertz CT molecular complexity index is 527. The minimum Gasteiger partial charge on any atom is -0.324 e. The van der Waals surface area contributed by atoms with Gasteiger partial charge in [-0.05, 0) is 40.5 Å². The molecule has 0 spiro atoms. The van der Waals surface area contributed by atoms with Crippen LogP contribution in [0.15, 0.2) is 28.1 Å². The van der Waals surface area contributed by atoms with Gasteiger partial charge in [-0.2, -0.15) is 0 Å². The van der Waals surface area contributed by atoms with Gasteiger partial charge in [-0.15, -0.1) is 11.3 Å². The molecule has 2 N–H and O–H groups in total. The Hall–Kier alpha value is -0.420. The van der Waals surface area contributed by atoms with Crippen LogP contribution in [0, 0.1) is 6.92 Å². The quantitative estimate of drug-likeness (QED) is 0.919. The Morgan fingerprint density at radius 2 is 2.29 bits per heavy atom. The summed E-state index contributed by atoms with van der Waals surface area (Å²) in [6.07, 6.45) is 0.738. The highest BCUT2D eigenvalue weighted by atomic mass is 79.9. The first-order valence-electron chi connectivity index (χ1n) is 5.18. The fourth-order valence-corrected chi connectivity index (χ4v) is 2.65. The molecule has 5 heteroatoms. The lowest BCUT2D eigenvalue weighted by atomic mass is 10.0. The van der Waals surface area contributed by atoms with Gasteiger partial charge < -0.3 is 5.73 Å². The molecule has 0 aliphatic rings. The smallest absolute Gasteiger partial charge is 0.0897 e. The molecular weight excluding hydrogens is 320 g/mol. The van der Waals surface area contributed by atoms with Crippen molar-refractivity contribution < 1.29 is 0 Å². The van der Waals surface area contributed by atoms with Crippen molar-refractivity contribution in [3.8, 4) is 0 Å². The van der Waals surface area contributed by atoms with Crippen molar-refractivity contribution in [2.24, 2.45) is 5.73 Å².